The van der Waals surface area contributed by atoms with Crippen LogP contribution in [0.15, 0.2) is 47.5 Å². The van der Waals surface area contributed by atoms with E-state index in [2.05, 4.69) is 22.1 Å². The van der Waals surface area contributed by atoms with Crippen LogP contribution in [0.25, 0.3) is 21.8 Å². The molecule has 1 N–H and O–H groups in total. The smallest absolute Gasteiger partial charge is 0.0724 e. The van der Waals surface area contributed by atoms with Crippen molar-refractivity contribution in [2.45, 2.75) is 6.42 Å². The standard InChI is InChI=1S/C16H11N3/c17-12-7-8-18-15-6-5-14-11(16(12)15)9-10-3-1-2-4-13(10)19-14/h1-6,8-9,17H,7H2. The molecule has 0 fully saturated rings. The van der Waals surface area contributed by atoms with Crippen molar-refractivity contribution in [3.8, 4) is 0 Å². The van der Waals surface area contributed by atoms with Crippen LogP contribution in [0.4, 0.5) is 5.69 Å². The summed E-state index contributed by atoms with van der Waals surface area (Å²) >= 11 is 0. The molecule has 0 saturated heterocycles. The largest absolute Gasteiger partial charge is 0.304 e. The Labute approximate surface area is 110 Å². The number of nitrogens with zero attached hydrogens (tertiary/aromatic N) is 2. The summed E-state index contributed by atoms with van der Waals surface area (Å²) in [6, 6.07) is 14.1. The number of para-hydroxylation sites is 1. The van der Waals surface area contributed by atoms with Gasteiger partial charge in [-0.15, -0.1) is 0 Å². The van der Waals surface area contributed by atoms with Crippen molar-refractivity contribution in [1.29, 1.82) is 5.41 Å². The maximum absolute atomic E-state index is 8.14. The van der Waals surface area contributed by atoms with Crippen molar-refractivity contribution in [2.24, 2.45) is 4.99 Å². The zero-order valence-electron chi connectivity index (χ0n) is 10.2. The lowest BCUT2D eigenvalue weighted by atomic mass is 9.97. The molecule has 2 aromatic carbocycles. The highest BCUT2D eigenvalue weighted by atomic mass is 14.8. The second-order valence-electron chi connectivity index (χ2n) is 4.70. The van der Waals surface area contributed by atoms with Crippen LogP contribution in [-0.2, 0) is 0 Å². The topological polar surface area (TPSA) is 49.1 Å². The third-order valence-electron chi connectivity index (χ3n) is 3.51. The lowest BCUT2D eigenvalue weighted by Crippen LogP contribution is -2.05. The molecule has 1 aliphatic heterocycles. The Morgan fingerprint density at radius 1 is 1.00 bits per heavy atom. The van der Waals surface area contributed by atoms with Crippen molar-refractivity contribution in [3.05, 3.63) is 48.0 Å². The first-order chi connectivity index (χ1) is 9.33. The quantitative estimate of drug-likeness (QED) is 0.600. The monoisotopic (exact) mass is 245 g/mol. The minimum atomic E-state index is 0.596. The van der Waals surface area contributed by atoms with Crippen LogP contribution in [0, 0.1) is 5.41 Å². The third-order valence-corrected chi connectivity index (χ3v) is 3.51. The number of nitrogens with one attached hydrogen (secondary N) is 1. The van der Waals surface area contributed by atoms with E-state index in [9.17, 15) is 0 Å². The number of aliphatic imine (C=N–C) groups is 1. The van der Waals surface area contributed by atoms with Gasteiger partial charge >= 0.3 is 0 Å². The van der Waals surface area contributed by atoms with Gasteiger partial charge in [-0.2, -0.15) is 0 Å². The molecule has 2 heterocycles. The first kappa shape index (κ1) is 10.4. The average molecular weight is 245 g/mol. The van der Waals surface area contributed by atoms with Gasteiger partial charge in [0, 0.05) is 34.7 Å². The minimum absolute atomic E-state index is 0.596. The van der Waals surface area contributed by atoms with E-state index in [4.69, 9.17) is 5.41 Å². The van der Waals surface area contributed by atoms with E-state index < -0.39 is 0 Å². The molecule has 0 spiro atoms. The molecule has 1 aliphatic rings. The summed E-state index contributed by atoms with van der Waals surface area (Å²) in [6.07, 6.45) is 2.39. The van der Waals surface area contributed by atoms with Gasteiger partial charge in [0.1, 0.15) is 0 Å². The molecule has 0 bridgehead atoms. The number of hydrogen-bond donors (Lipinski definition) is 1. The van der Waals surface area contributed by atoms with Crippen molar-refractivity contribution in [2.75, 3.05) is 0 Å². The summed E-state index contributed by atoms with van der Waals surface area (Å²) in [7, 11) is 0. The summed E-state index contributed by atoms with van der Waals surface area (Å²) in [6.45, 7) is 0. The summed E-state index contributed by atoms with van der Waals surface area (Å²) in [5.41, 5.74) is 4.34. The number of hydrogen-bond acceptors (Lipinski definition) is 3. The first-order valence-corrected chi connectivity index (χ1v) is 6.26. The van der Waals surface area contributed by atoms with Crippen LogP contribution in [0.3, 0.4) is 0 Å². The van der Waals surface area contributed by atoms with E-state index in [0.29, 0.717) is 12.1 Å². The molecule has 1 aromatic heterocycles. The molecule has 3 heteroatoms. The number of benzene rings is 2. The Kier molecular flexibility index (Phi) is 2.03. The highest BCUT2D eigenvalue weighted by Crippen LogP contribution is 2.32. The molecule has 3 aromatic rings. The van der Waals surface area contributed by atoms with Crippen LogP contribution in [0.1, 0.15) is 12.0 Å². The van der Waals surface area contributed by atoms with Crippen LogP contribution >= 0.6 is 0 Å². The Morgan fingerprint density at radius 2 is 1.89 bits per heavy atom. The van der Waals surface area contributed by atoms with E-state index in [0.717, 1.165) is 33.1 Å². The molecular weight excluding hydrogens is 234 g/mol. The molecule has 0 aliphatic carbocycles. The minimum Gasteiger partial charge on any atom is -0.304 e. The number of rotatable bonds is 0. The molecule has 0 amide bonds. The van der Waals surface area contributed by atoms with Gasteiger partial charge in [-0.1, -0.05) is 18.2 Å². The average Bonchev–Trinajstić information content (AvgIpc) is 2.45. The van der Waals surface area contributed by atoms with Gasteiger partial charge in [-0.3, -0.25) is 4.99 Å². The molecular formula is C16H11N3. The zero-order chi connectivity index (χ0) is 12.8. The second kappa shape index (κ2) is 3.72. The zero-order valence-corrected chi connectivity index (χ0v) is 10.2. The predicted octanol–water partition coefficient (Wildman–Crippen LogP) is 3.86. The fraction of sp³-hybridized carbons (Fsp3) is 0.0625. The predicted molar refractivity (Wildman–Crippen MR) is 78.8 cm³/mol. The van der Waals surface area contributed by atoms with E-state index >= 15 is 0 Å². The van der Waals surface area contributed by atoms with Gasteiger partial charge in [-0.05, 0) is 24.3 Å². The number of fused-ring (bicyclic) bond motifs is 4. The Hall–Kier alpha value is -2.55. The summed E-state index contributed by atoms with van der Waals surface area (Å²) in [4.78, 5) is 9.05. The normalized spacial score (nSPS) is 14.0. The van der Waals surface area contributed by atoms with Crippen molar-refractivity contribution in [3.63, 3.8) is 0 Å². The van der Waals surface area contributed by atoms with Crippen LogP contribution in [0.5, 0.6) is 0 Å². The third kappa shape index (κ3) is 1.48. The molecule has 90 valence electrons. The fourth-order valence-corrected chi connectivity index (χ4v) is 2.60. The van der Waals surface area contributed by atoms with Crippen LogP contribution in [0.2, 0.25) is 0 Å². The number of pyridine rings is 1. The maximum Gasteiger partial charge on any atom is 0.0724 e. The summed E-state index contributed by atoms with van der Waals surface area (Å²) in [5.74, 6) is 0. The second-order valence-corrected chi connectivity index (χ2v) is 4.70. The highest BCUT2D eigenvalue weighted by Gasteiger charge is 2.15. The Balaban J connectivity index is 2.19. The molecule has 19 heavy (non-hydrogen) atoms. The van der Waals surface area contributed by atoms with Crippen molar-refractivity contribution >= 4 is 39.4 Å². The SMILES string of the molecule is N=C1CC=Nc2ccc3nc4ccccc4cc3c21. The van der Waals surface area contributed by atoms with Gasteiger partial charge in [0.05, 0.1) is 16.7 Å². The summed E-state index contributed by atoms with van der Waals surface area (Å²) in [5, 5.41) is 10.3. The van der Waals surface area contributed by atoms with Crippen molar-refractivity contribution < 1.29 is 0 Å². The maximum atomic E-state index is 8.14. The van der Waals surface area contributed by atoms with Crippen molar-refractivity contribution in [1.82, 2.24) is 4.98 Å². The van der Waals surface area contributed by atoms with Gasteiger partial charge < -0.3 is 5.41 Å². The molecule has 0 saturated carbocycles. The van der Waals surface area contributed by atoms with E-state index in [1.807, 2.05) is 30.3 Å². The number of aromatic nitrogens is 1. The van der Waals surface area contributed by atoms with Gasteiger partial charge in [0.2, 0.25) is 0 Å². The molecule has 0 radical (unpaired) electrons. The van der Waals surface area contributed by atoms with Gasteiger partial charge in [0.15, 0.2) is 0 Å². The lowest BCUT2D eigenvalue weighted by molar-refractivity contribution is 1.35. The van der Waals surface area contributed by atoms with Crippen LogP contribution in [-0.4, -0.2) is 16.9 Å². The van der Waals surface area contributed by atoms with E-state index in [1.54, 1.807) is 6.21 Å². The molecule has 0 atom stereocenters. The van der Waals surface area contributed by atoms with E-state index in [1.165, 1.54) is 0 Å². The molecule has 4 rings (SSSR count). The lowest BCUT2D eigenvalue weighted by Gasteiger charge is -2.14. The highest BCUT2D eigenvalue weighted by molar-refractivity contribution is 6.19. The van der Waals surface area contributed by atoms with Gasteiger partial charge in [-0.25, -0.2) is 4.98 Å². The summed E-state index contributed by atoms with van der Waals surface area (Å²) < 4.78 is 0. The molecule has 0 unspecified atom stereocenters. The molecule has 3 nitrogen and oxygen atoms in total. The van der Waals surface area contributed by atoms with Crippen LogP contribution < -0.4 is 0 Å². The first-order valence-electron chi connectivity index (χ1n) is 6.26. The van der Waals surface area contributed by atoms with E-state index in [-0.39, 0.29) is 0 Å². The fourth-order valence-electron chi connectivity index (χ4n) is 2.60. The van der Waals surface area contributed by atoms with Gasteiger partial charge in [0.25, 0.3) is 0 Å². The Bertz CT molecular complexity index is 862. The Morgan fingerprint density at radius 3 is 2.84 bits per heavy atom.